The molecule has 2 N–H and O–H groups in total. The lowest BCUT2D eigenvalue weighted by Gasteiger charge is -2.32. The molecule has 6 heteroatoms. The van der Waals surface area contributed by atoms with Gasteiger partial charge in [0.2, 0.25) is 0 Å². The molecule has 4 rings (SSSR count). The Hall–Kier alpha value is -3.38. The zero-order chi connectivity index (χ0) is 21.8. The van der Waals surface area contributed by atoms with Crippen molar-refractivity contribution in [2.75, 3.05) is 20.2 Å². The highest BCUT2D eigenvalue weighted by Crippen LogP contribution is 2.21. The van der Waals surface area contributed by atoms with Gasteiger partial charge in [-0.3, -0.25) is 9.69 Å². The van der Waals surface area contributed by atoms with Gasteiger partial charge in [-0.1, -0.05) is 24.3 Å². The molecule has 31 heavy (non-hydrogen) atoms. The molecule has 1 amide bonds. The van der Waals surface area contributed by atoms with Crippen molar-refractivity contribution >= 4 is 22.6 Å². The number of benzene rings is 3. The van der Waals surface area contributed by atoms with Gasteiger partial charge in [-0.2, -0.15) is 0 Å². The molecule has 3 aromatic rings. The van der Waals surface area contributed by atoms with Crippen molar-refractivity contribution < 1.29 is 19.4 Å². The average molecular weight is 418 g/mol. The maximum absolute atomic E-state index is 12.5. The summed E-state index contributed by atoms with van der Waals surface area (Å²) in [6.07, 6.45) is 1.79. The lowest BCUT2D eigenvalue weighted by atomic mass is 10.0. The first kappa shape index (κ1) is 20.9. The summed E-state index contributed by atoms with van der Waals surface area (Å²) in [6.45, 7) is 2.61. The van der Waals surface area contributed by atoms with Gasteiger partial charge in [0.05, 0.1) is 12.7 Å². The third kappa shape index (κ3) is 5.03. The third-order valence-corrected chi connectivity index (χ3v) is 5.81. The Morgan fingerprint density at radius 2 is 1.77 bits per heavy atom. The highest BCUT2D eigenvalue weighted by atomic mass is 16.5. The highest BCUT2D eigenvalue weighted by Gasteiger charge is 2.21. The van der Waals surface area contributed by atoms with Gasteiger partial charge in [-0.25, -0.2) is 4.79 Å². The lowest BCUT2D eigenvalue weighted by molar-refractivity contribution is 0.0696. The van der Waals surface area contributed by atoms with Crippen LogP contribution in [-0.2, 0) is 6.54 Å². The summed E-state index contributed by atoms with van der Waals surface area (Å²) in [6, 6.07) is 18.8. The van der Waals surface area contributed by atoms with Crippen molar-refractivity contribution in [2.45, 2.75) is 25.4 Å². The molecule has 0 saturated carbocycles. The molecule has 0 unspecified atom stereocenters. The summed E-state index contributed by atoms with van der Waals surface area (Å²) in [5.41, 5.74) is 2.07. The average Bonchev–Trinajstić information content (AvgIpc) is 2.79. The predicted molar refractivity (Wildman–Crippen MR) is 120 cm³/mol. The summed E-state index contributed by atoms with van der Waals surface area (Å²) in [7, 11) is 1.59. The Morgan fingerprint density at radius 1 is 1.00 bits per heavy atom. The van der Waals surface area contributed by atoms with E-state index in [0.29, 0.717) is 16.9 Å². The van der Waals surface area contributed by atoms with Gasteiger partial charge in [-0.05, 0) is 65.6 Å². The van der Waals surface area contributed by atoms with Crippen LogP contribution in [0.5, 0.6) is 5.75 Å². The number of amides is 1. The number of hydrogen-bond acceptors (Lipinski definition) is 4. The molecule has 0 bridgehead atoms. The van der Waals surface area contributed by atoms with Gasteiger partial charge in [0.25, 0.3) is 5.91 Å². The van der Waals surface area contributed by atoms with Crippen molar-refractivity contribution in [1.82, 2.24) is 10.2 Å². The summed E-state index contributed by atoms with van der Waals surface area (Å²) < 4.78 is 5.19. The van der Waals surface area contributed by atoms with Crippen LogP contribution in [0.3, 0.4) is 0 Å². The minimum Gasteiger partial charge on any atom is -0.497 e. The number of carbonyl (C=O) groups excluding carboxylic acids is 1. The molecule has 1 saturated heterocycles. The Balaban J connectivity index is 1.33. The number of methoxy groups -OCH3 is 1. The Bertz CT molecular complexity index is 1100. The Kier molecular flexibility index (Phi) is 6.18. The molecule has 3 aromatic carbocycles. The van der Waals surface area contributed by atoms with Crippen LogP contribution in [-0.4, -0.2) is 48.1 Å². The minimum atomic E-state index is -0.912. The SMILES string of the molecule is COc1cccc(C(=O)NC2CCN(Cc3ccc4ccc(C(=O)O)cc4c3)CC2)c1. The minimum absolute atomic E-state index is 0.0684. The Morgan fingerprint density at radius 3 is 2.52 bits per heavy atom. The van der Waals surface area contributed by atoms with E-state index in [1.54, 1.807) is 31.4 Å². The summed E-state index contributed by atoms with van der Waals surface area (Å²) in [4.78, 5) is 26.1. The molecule has 1 fully saturated rings. The van der Waals surface area contributed by atoms with Crippen LogP contribution in [0.2, 0.25) is 0 Å². The quantitative estimate of drug-likeness (QED) is 0.634. The lowest BCUT2D eigenvalue weighted by Crippen LogP contribution is -2.44. The van der Waals surface area contributed by atoms with Gasteiger partial charge in [0.1, 0.15) is 5.75 Å². The van der Waals surface area contributed by atoms with Crippen LogP contribution >= 0.6 is 0 Å². The number of hydrogen-bond donors (Lipinski definition) is 2. The first-order valence-electron chi connectivity index (χ1n) is 10.4. The van der Waals surface area contributed by atoms with Crippen LogP contribution < -0.4 is 10.1 Å². The number of rotatable bonds is 6. The molecule has 1 aliphatic rings. The molecule has 0 aromatic heterocycles. The second kappa shape index (κ2) is 9.18. The predicted octanol–water partition coefficient (Wildman–Crippen LogP) is 3.94. The fraction of sp³-hybridized carbons (Fsp3) is 0.280. The molecule has 0 aliphatic carbocycles. The fourth-order valence-corrected chi connectivity index (χ4v) is 4.05. The van der Waals surface area contributed by atoms with Crippen molar-refractivity contribution in [1.29, 1.82) is 0 Å². The summed E-state index contributed by atoms with van der Waals surface area (Å²) in [5.74, 6) is -0.306. The number of ether oxygens (including phenoxy) is 1. The van der Waals surface area contributed by atoms with E-state index in [2.05, 4.69) is 22.3 Å². The molecule has 0 radical (unpaired) electrons. The van der Waals surface area contributed by atoms with Crippen LogP contribution in [0.25, 0.3) is 10.8 Å². The molecule has 6 nitrogen and oxygen atoms in total. The number of carboxylic acids is 1. The van der Waals surface area contributed by atoms with E-state index in [1.807, 2.05) is 24.3 Å². The van der Waals surface area contributed by atoms with Crippen molar-refractivity contribution in [3.63, 3.8) is 0 Å². The van der Waals surface area contributed by atoms with E-state index in [9.17, 15) is 14.7 Å². The van der Waals surface area contributed by atoms with Gasteiger partial charge >= 0.3 is 5.97 Å². The van der Waals surface area contributed by atoms with Crippen LogP contribution in [0.15, 0.2) is 60.7 Å². The highest BCUT2D eigenvalue weighted by molar-refractivity contribution is 5.95. The maximum Gasteiger partial charge on any atom is 0.335 e. The van der Waals surface area contributed by atoms with Crippen molar-refractivity contribution in [2.24, 2.45) is 0 Å². The number of nitrogens with one attached hydrogen (secondary N) is 1. The molecule has 0 spiro atoms. The monoisotopic (exact) mass is 418 g/mol. The number of aromatic carboxylic acids is 1. The second-order valence-electron chi connectivity index (χ2n) is 7.96. The van der Waals surface area contributed by atoms with Gasteiger partial charge in [0.15, 0.2) is 0 Å². The molecule has 0 atom stereocenters. The van der Waals surface area contributed by atoms with Crippen LogP contribution in [0.1, 0.15) is 39.1 Å². The standard InChI is InChI=1S/C25H26N2O4/c1-31-23-4-2-3-19(15-23)24(28)26-22-9-11-27(12-10-22)16-17-5-6-18-7-8-20(25(29)30)14-21(18)13-17/h2-8,13-15,22H,9-12,16H2,1H3,(H,26,28)(H,29,30). The molecular weight excluding hydrogens is 392 g/mol. The number of likely N-dealkylation sites (tertiary alicyclic amines) is 1. The zero-order valence-electron chi connectivity index (χ0n) is 17.5. The normalized spacial score (nSPS) is 15.0. The number of nitrogens with zero attached hydrogens (tertiary/aromatic N) is 1. The zero-order valence-corrected chi connectivity index (χ0v) is 17.5. The van der Waals surface area contributed by atoms with E-state index < -0.39 is 5.97 Å². The first-order chi connectivity index (χ1) is 15.0. The van der Waals surface area contributed by atoms with E-state index in [0.717, 1.165) is 48.8 Å². The van der Waals surface area contributed by atoms with E-state index >= 15 is 0 Å². The van der Waals surface area contributed by atoms with Crippen molar-refractivity contribution in [3.05, 3.63) is 77.4 Å². The summed E-state index contributed by atoms with van der Waals surface area (Å²) in [5, 5.41) is 14.3. The number of fused-ring (bicyclic) bond motifs is 1. The fourth-order valence-electron chi connectivity index (χ4n) is 4.05. The van der Waals surface area contributed by atoms with Crippen LogP contribution in [0.4, 0.5) is 0 Å². The first-order valence-corrected chi connectivity index (χ1v) is 10.4. The maximum atomic E-state index is 12.5. The topological polar surface area (TPSA) is 78.9 Å². The van der Waals surface area contributed by atoms with Crippen molar-refractivity contribution in [3.8, 4) is 5.75 Å². The van der Waals surface area contributed by atoms with Gasteiger partial charge in [-0.15, -0.1) is 0 Å². The second-order valence-corrected chi connectivity index (χ2v) is 7.96. The number of piperidine rings is 1. The molecule has 160 valence electrons. The molecule has 1 heterocycles. The number of carboxylic acid groups (broad SMARTS) is 1. The summed E-state index contributed by atoms with van der Waals surface area (Å²) >= 11 is 0. The largest absolute Gasteiger partial charge is 0.497 e. The number of carbonyl (C=O) groups is 2. The smallest absolute Gasteiger partial charge is 0.335 e. The van der Waals surface area contributed by atoms with E-state index in [4.69, 9.17) is 4.74 Å². The van der Waals surface area contributed by atoms with Gasteiger partial charge in [0, 0.05) is 31.2 Å². The molecule has 1 aliphatic heterocycles. The van der Waals surface area contributed by atoms with Gasteiger partial charge < -0.3 is 15.2 Å². The Labute approximate surface area is 181 Å². The van der Waals surface area contributed by atoms with E-state index in [-0.39, 0.29) is 11.9 Å². The molecular formula is C25H26N2O4. The van der Waals surface area contributed by atoms with Crippen LogP contribution in [0, 0.1) is 0 Å². The van der Waals surface area contributed by atoms with E-state index in [1.165, 1.54) is 0 Å². The third-order valence-electron chi connectivity index (χ3n) is 5.81.